The van der Waals surface area contributed by atoms with Crippen molar-refractivity contribution in [3.63, 3.8) is 0 Å². The minimum absolute atomic E-state index is 0.170. The molecule has 1 amide bonds. The third-order valence-electron chi connectivity index (χ3n) is 3.05. The minimum atomic E-state index is -0.458. The van der Waals surface area contributed by atoms with Crippen molar-refractivity contribution in [3.05, 3.63) is 52.5 Å². The number of rotatable bonds is 5. The van der Waals surface area contributed by atoms with Gasteiger partial charge in [-0.1, -0.05) is 23.2 Å². The number of ether oxygens (including phenoxy) is 1. The summed E-state index contributed by atoms with van der Waals surface area (Å²) in [5, 5.41) is 6.89. The molecule has 0 aliphatic carbocycles. The van der Waals surface area contributed by atoms with Crippen LogP contribution < -0.4 is 15.4 Å². The fourth-order valence-electron chi connectivity index (χ4n) is 1.83. The number of nitrogens with one attached hydrogen (secondary N) is 2. The molecule has 0 radical (unpaired) electrons. The number of anilines is 2. The van der Waals surface area contributed by atoms with Crippen LogP contribution in [0.1, 0.15) is 6.92 Å². The molecule has 1 atom stereocenters. The topological polar surface area (TPSA) is 50.4 Å². The summed E-state index contributed by atoms with van der Waals surface area (Å²) in [6.45, 7) is 1.75. The molecule has 2 aromatic carbocycles. The zero-order chi connectivity index (χ0) is 16.1. The van der Waals surface area contributed by atoms with Crippen molar-refractivity contribution in [3.8, 4) is 5.75 Å². The van der Waals surface area contributed by atoms with Gasteiger partial charge in [0.2, 0.25) is 5.91 Å². The smallest absolute Gasteiger partial charge is 0.246 e. The molecule has 0 aromatic heterocycles. The van der Waals surface area contributed by atoms with Crippen molar-refractivity contribution < 1.29 is 9.53 Å². The van der Waals surface area contributed by atoms with Crippen LogP contribution in [0.5, 0.6) is 5.75 Å². The zero-order valence-electron chi connectivity index (χ0n) is 12.2. The fraction of sp³-hybridized carbons (Fsp3) is 0.188. The summed E-state index contributed by atoms with van der Waals surface area (Å²) in [7, 11) is 1.59. The van der Waals surface area contributed by atoms with E-state index < -0.39 is 6.04 Å². The van der Waals surface area contributed by atoms with Gasteiger partial charge in [-0.15, -0.1) is 0 Å². The molecule has 116 valence electrons. The van der Waals surface area contributed by atoms with Gasteiger partial charge in [0.25, 0.3) is 0 Å². The Morgan fingerprint density at radius 3 is 2.41 bits per heavy atom. The first-order valence-corrected chi connectivity index (χ1v) is 7.41. The van der Waals surface area contributed by atoms with Gasteiger partial charge >= 0.3 is 0 Å². The number of benzene rings is 2. The number of hydrogen-bond acceptors (Lipinski definition) is 3. The first-order chi connectivity index (χ1) is 10.5. The van der Waals surface area contributed by atoms with E-state index in [0.29, 0.717) is 21.4 Å². The Bertz CT molecular complexity index is 660. The highest BCUT2D eigenvalue weighted by Crippen LogP contribution is 2.26. The Kier molecular flexibility index (Phi) is 5.52. The molecule has 0 saturated heterocycles. The molecule has 0 saturated carbocycles. The second-order valence-electron chi connectivity index (χ2n) is 4.71. The highest BCUT2D eigenvalue weighted by atomic mass is 35.5. The van der Waals surface area contributed by atoms with Gasteiger partial charge in [-0.2, -0.15) is 0 Å². The average molecular weight is 339 g/mol. The molecule has 0 aliphatic heterocycles. The Morgan fingerprint density at radius 1 is 1.14 bits per heavy atom. The van der Waals surface area contributed by atoms with Crippen LogP contribution in [0.25, 0.3) is 0 Å². The summed E-state index contributed by atoms with van der Waals surface area (Å²) in [5.74, 6) is 0.563. The van der Waals surface area contributed by atoms with Crippen molar-refractivity contribution >= 4 is 40.5 Å². The van der Waals surface area contributed by atoms with E-state index in [1.54, 1.807) is 56.5 Å². The molecular weight excluding hydrogens is 323 g/mol. The summed E-state index contributed by atoms with van der Waals surface area (Å²) < 4.78 is 5.07. The standard InChI is InChI=1S/C16H16Cl2N2O2/c1-10(19-15-8-3-11(17)9-14(15)18)16(21)20-12-4-6-13(22-2)7-5-12/h3-10,19H,1-2H3,(H,20,21)/t10-/m1/s1. The fourth-order valence-corrected chi connectivity index (χ4v) is 2.29. The predicted octanol–water partition coefficient (Wildman–Crippen LogP) is 4.44. The lowest BCUT2D eigenvalue weighted by atomic mass is 10.2. The second kappa shape index (κ2) is 7.38. The van der Waals surface area contributed by atoms with Crippen molar-refractivity contribution in [2.75, 3.05) is 17.7 Å². The molecule has 0 unspecified atom stereocenters. The highest BCUT2D eigenvalue weighted by molar-refractivity contribution is 6.36. The lowest BCUT2D eigenvalue weighted by molar-refractivity contribution is -0.116. The summed E-state index contributed by atoms with van der Waals surface area (Å²) in [5.41, 5.74) is 1.35. The molecule has 2 rings (SSSR count). The Labute approximate surface area is 139 Å². The molecule has 0 heterocycles. The summed E-state index contributed by atoms with van der Waals surface area (Å²) in [6.07, 6.45) is 0. The van der Waals surface area contributed by atoms with Crippen LogP contribution in [0, 0.1) is 0 Å². The van der Waals surface area contributed by atoms with Gasteiger partial charge in [-0.3, -0.25) is 4.79 Å². The first kappa shape index (κ1) is 16.5. The molecule has 0 bridgehead atoms. The van der Waals surface area contributed by atoms with Gasteiger partial charge in [0, 0.05) is 10.7 Å². The van der Waals surface area contributed by atoms with Crippen LogP contribution >= 0.6 is 23.2 Å². The molecule has 0 aliphatic rings. The molecule has 2 aromatic rings. The molecule has 0 spiro atoms. The number of halogens is 2. The van der Waals surface area contributed by atoms with Crippen LogP contribution in [-0.2, 0) is 4.79 Å². The maximum Gasteiger partial charge on any atom is 0.246 e. The van der Waals surface area contributed by atoms with E-state index >= 15 is 0 Å². The average Bonchev–Trinajstić information content (AvgIpc) is 2.50. The number of amides is 1. The van der Waals surface area contributed by atoms with Crippen LogP contribution in [0.4, 0.5) is 11.4 Å². The molecule has 4 nitrogen and oxygen atoms in total. The van der Waals surface area contributed by atoms with E-state index in [1.165, 1.54) is 0 Å². The first-order valence-electron chi connectivity index (χ1n) is 6.66. The van der Waals surface area contributed by atoms with Gasteiger partial charge in [0.1, 0.15) is 11.8 Å². The van der Waals surface area contributed by atoms with Gasteiger partial charge in [-0.05, 0) is 49.4 Å². The Balaban J connectivity index is 1.99. The Morgan fingerprint density at radius 2 is 1.82 bits per heavy atom. The minimum Gasteiger partial charge on any atom is -0.497 e. The lowest BCUT2D eigenvalue weighted by Gasteiger charge is -2.16. The second-order valence-corrected chi connectivity index (χ2v) is 5.55. The molecule has 2 N–H and O–H groups in total. The number of carbonyl (C=O) groups excluding carboxylic acids is 1. The van der Waals surface area contributed by atoms with E-state index in [4.69, 9.17) is 27.9 Å². The van der Waals surface area contributed by atoms with Gasteiger partial charge in [0.15, 0.2) is 0 Å². The van der Waals surface area contributed by atoms with Crippen LogP contribution in [0.2, 0.25) is 10.0 Å². The highest BCUT2D eigenvalue weighted by Gasteiger charge is 2.14. The zero-order valence-corrected chi connectivity index (χ0v) is 13.7. The third kappa shape index (κ3) is 4.29. The SMILES string of the molecule is COc1ccc(NC(=O)[C@@H](C)Nc2ccc(Cl)cc2Cl)cc1. The number of methoxy groups -OCH3 is 1. The van der Waals surface area contributed by atoms with Crippen molar-refractivity contribution in [2.45, 2.75) is 13.0 Å². The summed E-state index contributed by atoms with van der Waals surface area (Å²) in [6, 6.07) is 11.7. The van der Waals surface area contributed by atoms with Gasteiger partial charge < -0.3 is 15.4 Å². The maximum atomic E-state index is 12.2. The van der Waals surface area contributed by atoms with Crippen LogP contribution in [0.15, 0.2) is 42.5 Å². The van der Waals surface area contributed by atoms with Crippen molar-refractivity contribution in [1.29, 1.82) is 0 Å². The van der Waals surface area contributed by atoms with E-state index in [2.05, 4.69) is 10.6 Å². The molecular formula is C16H16Cl2N2O2. The van der Waals surface area contributed by atoms with Crippen molar-refractivity contribution in [2.24, 2.45) is 0 Å². The normalized spacial score (nSPS) is 11.6. The van der Waals surface area contributed by atoms with Crippen molar-refractivity contribution in [1.82, 2.24) is 0 Å². The predicted molar refractivity (Wildman–Crippen MR) is 91.2 cm³/mol. The molecule has 6 heteroatoms. The Hall–Kier alpha value is -1.91. The van der Waals surface area contributed by atoms with E-state index in [9.17, 15) is 4.79 Å². The van der Waals surface area contributed by atoms with E-state index in [-0.39, 0.29) is 5.91 Å². The monoisotopic (exact) mass is 338 g/mol. The largest absolute Gasteiger partial charge is 0.497 e. The number of hydrogen-bond donors (Lipinski definition) is 2. The summed E-state index contributed by atoms with van der Waals surface area (Å²) in [4.78, 5) is 12.2. The van der Waals surface area contributed by atoms with Gasteiger partial charge in [0.05, 0.1) is 17.8 Å². The molecule has 0 fully saturated rings. The van der Waals surface area contributed by atoms with Gasteiger partial charge in [-0.25, -0.2) is 0 Å². The third-order valence-corrected chi connectivity index (χ3v) is 3.60. The lowest BCUT2D eigenvalue weighted by Crippen LogP contribution is -2.31. The number of carbonyl (C=O) groups is 1. The van der Waals surface area contributed by atoms with E-state index in [0.717, 1.165) is 5.75 Å². The maximum absolute atomic E-state index is 12.2. The quantitative estimate of drug-likeness (QED) is 0.847. The summed E-state index contributed by atoms with van der Waals surface area (Å²) >= 11 is 11.9. The van der Waals surface area contributed by atoms with Crippen LogP contribution in [-0.4, -0.2) is 19.1 Å². The van der Waals surface area contributed by atoms with Crippen LogP contribution in [0.3, 0.4) is 0 Å². The van der Waals surface area contributed by atoms with E-state index in [1.807, 2.05) is 0 Å². The molecule has 22 heavy (non-hydrogen) atoms.